The molecule has 1 aromatic heterocycles. The number of methoxy groups -OCH3 is 1. The predicted octanol–water partition coefficient (Wildman–Crippen LogP) is 1.74. The minimum absolute atomic E-state index is 0.103. The zero-order valence-corrected chi connectivity index (χ0v) is 7.90. The van der Waals surface area contributed by atoms with Gasteiger partial charge in [-0.15, -0.1) is 0 Å². The Hall–Kier alpha value is -1.61. The summed E-state index contributed by atoms with van der Waals surface area (Å²) in [6.45, 7) is -0.103. The molecule has 0 aliphatic heterocycles. The third-order valence-electron chi connectivity index (χ3n) is 2.13. The summed E-state index contributed by atoms with van der Waals surface area (Å²) in [5, 5.41) is 10.1. The van der Waals surface area contributed by atoms with Gasteiger partial charge in [0, 0.05) is 5.39 Å². The monoisotopic (exact) mass is 189 g/mol. The SMILES string of the molecule is COc1cc2ccccc2nc1CO. The number of hydrogen-bond acceptors (Lipinski definition) is 3. The highest BCUT2D eigenvalue weighted by molar-refractivity contribution is 5.80. The third kappa shape index (κ3) is 1.42. The number of fused-ring (bicyclic) bond motifs is 1. The first-order valence-electron chi connectivity index (χ1n) is 4.38. The summed E-state index contributed by atoms with van der Waals surface area (Å²) in [6, 6.07) is 9.62. The zero-order valence-electron chi connectivity index (χ0n) is 7.90. The van der Waals surface area contributed by atoms with Crippen molar-refractivity contribution in [2.75, 3.05) is 7.11 Å². The Morgan fingerprint density at radius 2 is 2.14 bits per heavy atom. The summed E-state index contributed by atoms with van der Waals surface area (Å²) in [5.74, 6) is 0.631. The lowest BCUT2D eigenvalue weighted by molar-refractivity contribution is 0.268. The van der Waals surface area contributed by atoms with Crippen LogP contribution in [0.3, 0.4) is 0 Å². The average molecular weight is 189 g/mol. The summed E-state index contributed by atoms with van der Waals surface area (Å²) in [7, 11) is 1.57. The highest BCUT2D eigenvalue weighted by Crippen LogP contribution is 2.22. The molecular formula is C11H11NO2. The second-order valence-corrected chi connectivity index (χ2v) is 2.99. The number of ether oxygens (including phenoxy) is 1. The molecule has 14 heavy (non-hydrogen) atoms. The van der Waals surface area contributed by atoms with E-state index in [2.05, 4.69) is 4.98 Å². The number of benzene rings is 1. The molecule has 1 heterocycles. The van der Waals surface area contributed by atoms with Gasteiger partial charge in [0.1, 0.15) is 11.4 Å². The fourth-order valence-corrected chi connectivity index (χ4v) is 1.43. The standard InChI is InChI=1S/C11H11NO2/c1-14-11-6-8-4-2-3-5-9(8)12-10(11)7-13/h2-6,13H,7H2,1H3. The molecule has 1 aromatic carbocycles. The molecule has 2 aromatic rings. The summed E-state index contributed by atoms with van der Waals surface area (Å²) in [5.41, 5.74) is 1.45. The van der Waals surface area contributed by atoms with Crippen molar-refractivity contribution < 1.29 is 9.84 Å². The molecule has 0 bridgehead atoms. The number of aliphatic hydroxyl groups excluding tert-OH is 1. The maximum atomic E-state index is 9.07. The molecule has 3 heteroatoms. The van der Waals surface area contributed by atoms with Crippen molar-refractivity contribution in [3.63, 3.8) is 0 Å². The van der Waals surface area contributed by atoms with Crippen LogP contribution in [0.25, 0.3) is 10.9 Å². The number of para-hydroxylation sites is 1. The van der Waals surface area contributed by atoms with Gasteiger partial charge in [0.2, 0.25) is 0 Å². The Kier molecular flexibility index (Phi) is 2.33. The Labute approximate surface area is 82.0 Å². The summed E-state index contributed by atoms with van der Waals surface area (Å²) < 4.78 is 5.12. The Morgan fingerprint density at radius 1 is 1.36 bits per heavy atom. The van der Waals surface area contributed by atoms with E-state index in [4.69, 9.17) is 9.84 Å². The van der Waals surface area contributed by atoms with Crippen LogP contribution in [0.15, 0.2) is 30.3 Å². The van der Waals surface area contributed by atoms with Gasteiger partial charge in [-0.05, 0) is 12.1 Å². The van der Waals surface area contributed by atoms with Crippen molar-refractivity contribution in [3.8, 4) is 5.75 Å². The van der Waals surface area contributed by atoms with E-state index in [1.54, 1.807) is 7.11 Å². The van der Waals surface area contributed by atoms with Crippen molar-refractivity contribution in [3.05, 3.63) is 36.0 Å². The number of nitrogens with zero attached hydrogens (tertiary/aromatic N) is 1. The van der Waals surface area contributed by atoms with Crippen molar-refractivity contribution in [1.29, 1.82) is 0 Å². The van der Waals surface area contributed by atoms with Crippen LogP contribution in [0.1, 0.15) is 5.69 Å². The van der Waals surface area contributed by atoms with Crippen LogP contribution >= 0.6 is 0 Å². The molecule has 3 nitrogen and oxygen atoms in total. The molecule has 0 aliphatic rings. The summed E-state index contributed by atoms with van der Waals surface area (Å²) >= 11 is 0. The second-order valence-electron chi connectivity index (χ2n) is 2.99. The van der Waals surface area contributed by atoms with Crippen LogP contribution in [0.2, 0.25) is 0 Å². The largest absolute Gasteiger partial charge is 0.495 e. The van der Waals surface area contributed by atoms with Gasteiger partial charge in [-0.25, -0.2) is 4.98 Å². The van der Waals surface area contributed by atoms with E-state index in [0.717, 1.165) is 10.9 Å². The van der Waals surface area contributed by atoms with Crippen LogP contribution < -0.4 is 4.74 Å². The number of aliphatic hydroxyl groups is 1. The molecule has 72 valence electrons. The molecule has 0 saturated carbocycles. The van der Waals surface area contributed by atoms with Gasteiger partial charge >= 0.3 is 0 Å². The van der Waals surface area contributed by atoms with Gasteiger partial charge in [0.05, 0.1) is 19.2 Å². The highest BCUT2D eigenvalue weighted by Gasteiger charge is 2.05. The minimum Gasteiger partial charge on any atom is -0.495 e. The van der Waals surface area contributed by atoms with Gasteiger partial charge in [-0.2, -0.15) is 0 Å². The van der Waals surface area contributed by atoms with Gasteiger partial charge in [0.25, 0.3) is 0 Å². The maximum Gasteiger partial charge on any atom is 0.143 e. The van der Waals surface area contributed by atoms with Crippen LogP contribution in [-0.4, -0.2) is 17.2 Å². The molecular weight excluding hydrogens is 178 g/mol. The molecule has 1 N–H and O–H groups in total. The zero-order chi connectivity index (χ0) is 9.97. The first kappa shape index (κ1) is 8.97. The van der Waals surface area contributed by atoms with Crippen molar-refractivity contribution in [2.24, 2.45) is 0 Å². The second kappa shape index (κ2) is 3.64. The normalized spacial score (nSPS) is 10.4. The molecule has 0 fully saturated rings. The van der Waals surface area contributed by atoms with E-state index in [1.807, 2.05) is 30.3 Å². The van der Waals surface area contributed by atoms with E-state index < -0.39 is 0 Å². The van der Waals surface area contributed by atoms with Gasteiger partial charge < -0.3 is 9.84 Å². The van der Waals surface area contributed by atoms with Crippen LogP contribution in [-0.2, 0) is 6.61 Å². The van der Waals surface area contributed by atoms with Crippen molar-refractivity contribution in [2.45, 2.75) is 6.61 Å². The predicted molar refractivity (Wildman–Crippen MR) is 54.2 cm³/mol. The van der Waals surface area contributed by atoms with Crippen LogP contribution in [0.5, 0.6) is 5.75 Å². The molecule has 0 amide bonds. The number of hydrogen-bond donors (Lipinski definition) is 1. The lowest BCUT2D eigenvalue weighted by atomic mass is 10.2. The van der Waals surface area contributed by atoms with Gasteiger partial charge in [0.15, 0.2) is 0 Å². The first-order chi connectivity index (χ1) is 6.85. The molecule has 0 unspecified atom stereocenters. The fraction of sp³-hybridized carbons (Fsp3) is 0.182. The molecule has 0 spiro atoms. The number of aromatic nitrogens is 1. The Balaban J connectivity index is 2.69. The topological polar surface area (TPSA) is 42.4 Å². The van der Waals surface area contributed by atoms with E-state index in [-0.39, 0.29) is 6.61 Å². The van der Waals surface area contributed by atoms with Gasteiger partial charge in [-0.3, -0.25) is 0 Å². The Morgan fingerprint density at radius 3 is 2.86 bits per heavy atom. The minimum atomic E-state index is -0.103. The molecule has 2 rings (SSSR count). The Bertz CT molecular complexity index is 411. The highest BCUT2D eigenvalue weighted by atomic mass is 16.5. The molecule has 0 saturated heterocycles. The average Bonchev–Trinajstić information content (AvgIpc) is 2.27. The summed E-state index contributed by atoms with van der Waals surface area (Å²) in [4.78, 5) is 4.29. The van der Waals surface area contributed by atoms with E-state index >= 15 is 0 Å². The van der Waals surface area contributed by atoms with Crippen LogP contribution in [0.4, 0.5) is 0 Å². The lowest BCUT2D eigenvalue weighted by Crippen LogP contribution is -1.95. The molecule has 0 radical (unpaired) electrons. The quantitative estimate of drug-likeness (QED) is 0.782. The van der Waals surface area contributed by atoms with Crippen molar-refractivity contribution in [1.82, 2.24) is 4.98 Å². The smallest absolute Gasteiger partial charge is 0.143 e. The van der Waals surface area contributed by atoms with Crippen LogP contribution in [0, 0.1) is 0 Å². The number of rotatable bonds is 2. The maximum absolute atomic E-state index is 9.07. The lowest BCUT2D eigenvalue weighted by Gasteiger charge is -2.06. The van der Waals surface area contributed by atoms with E-state index in [9.17, 15) is 0 Å². The molecule has 0 atom stereocenters. The number of pyridine rings is 1. The first-order valence-corrected chi connectivity index (χ1v) is 4.38. The van der Waals surface area contributed by atoms with Gasteiger partial charge in [-0.1, -0.05) is 18.2 Å². The summed E-state index contributed by atoms with van der Waals surface area (Å²) in [6.07, 6.45) is 0. The van der Waals surface area contributed by atoms with E-state index in [1.165, 1.54) is 0 Å². The fourth-order valence-electron chi connectivity index (χ4n) is 1.43. The van der Waals surface area contributed by atoms with E-state index in [0.29, 0.717) is 11.4 Å². The van der Waals surface area contributed by atoms with Crippen molar-refractivity contribution >= 4 is 10.9 Å². The third-order valence-corrected chi connectivity index (χ3v) is 2.13. The molecule has 0 aliphatic carbocycles.